The number of ether oxygens (including phenoxy) is 2. The minimum atomic E-state index is -0.847. The lowest BCUT2D eigenvalue weighted by Crippen LogP contribution is -2.48. The second-order valence-corrected chi connectivity index (χ2v) is 7.59. The molecule has 7 heteroatoms. The lowest BCUT2D eigenvalue weighted by molar-refractivity contribution is -0.139. The van der Waals surface area contributed by atoms with Gasteiger partial charge in [0.05, 0.1) is 23.9 Å². The molecule has 0 saturated carbocycles. The summed E-state index contributed by atoms with van der Waals surface area (Å²) in [5.41, 5.74) is 2.21. The molecular weight excluding hydrogens is 399 g/mol. The molecule has 0 aromatic heterocycles. The predicted octanol–water partition coefficient (Wildman–Crippen LogP) is 4.54. The summed E-state index contributed by atoms with van der Waals surface area (Å²) in [6, 6.07) is 12.2. The highest BCUT2D eigenvalue weighted by atomic mass is 19.1. The topological polar surface area (TPSA) is 67.9 Å². The molecule has 164 valence electrons. The van der Waals surface area contributed by atoms with Gasteiger partial charge in [-0.25, -0.2) is 14.0 Å². The van der Waals surface area contributed by atoms with Crippen molar-refractivity contribution in [2.24, 2.45) is 0 Å². The Bertz CT molecular complexity index is 985. The molecule has 1 heterocycles. The van der Waals surface area contributed by atoms with E-state index in [1.54, 1.807) is 20.0 Å². The van der Waals surface area contributed by atoms with E-state index in [-0.39, 0.29) is 18.8 Å². The predicted molar refractivity (Wildman–Crippen MR) is 115 cm³/mol. The molecule has 1 atom stereocenters. The summed E-state index contributed by atoms with van der Waals surface area (Å²) in [6.45, 7) is 6.06. The fourth-order valence-electron chi connectivity index (χ4n) is 3.42. The van der Waals surface area contributed by atoms with E-state index in [1.807, 2.05) is 24.3 Å². The normalized spacial score (nSPS) is 16.4. The van der Waals surface area contributed by atoms with Crippen LogP contribution in [0.2, 0.25) is 0 Å². The third-order valence-corrected chi connectivity index (χ3v) is 5.18. The Morgan fingerprint density at radius 2 is 1.90 bits per heavy atom. The maximum atomic E-state index is 13.8. The molecule has 0 aliphatic carbocycles. The highest BCUT2D eigenvalue weighted by Gasteiger charge is 2.37. The van der Waals surface area contributed by atoms with Gasteiger partial charge >= 0.3 is 12.0 Å². The fraction of sp³-hybridized carbons (Fsp3) is 0.333. The number of esters is 1. The van der Waals surface area contributed by atoms with Crippen LogP contribution < -0.4 is 10.1 Å². The summed E-state index contributed by atoms with van der Waals surface area (Å²) < 4.78 is 25.0. The number of carbonyl (C=O) groups is 2. The van der Waals surface area contributed by atoms with Crippen LogP contribution in [0.1, 0.15) is 43.9 Å². The van der Waals surface area contributed by atoms with Crippen LogP contribution in [0.25, 0.3) is 0 Å². The van der Waals surface area contributed by atoms with Crippen molar-refractivity contribution < 1.29 is 23.5 Å². The highest BCUT2D eigenvalue weighted by molar-refractivity contribution is 5.95. The number of amides is 2. The number of carbonyl (C=O) groups excluding carboxylic acids is 2. The van der Waals surface area contributed by atoms with E-state index in [2.05, 4.69) is 19.2 Å². The van der Waals surface area contributed by atoms with E-state index in [0.717, 1.165) is 0 Å². The molecule has 1 aliphatic heterocycles. The zero-order valence-corrected chi connectivity index (χ0v) is 18.1. The van der Waals surface area contributed by atoms with Gasteiger partial charge in [-0.1, -0.05) is 38.1 Å². The third kappa shape index (κ3) is 5.05. The lowest BCUT2D eigenvalue weighted by Gasteiger charge is -2.34. The summed E-state index contributed by atoms with van der Waals surface area (Å²) in [6.07, 6.45) is 0. The number of rotatable bonds is 7. The zero-order valence-electron chi connectivity index (χ0n) is 18.1. The number of nitrogens with zero attached hydrogens (tertiary/aromatic N) is 1. The van der Waals surface area contributed by atoms with Gasteiger partial charge in [0.1, 0.15) is 18.2 Å². The Hall–Kier alpha value is -3.35. The second kappa shape index (κ2) is 9.64. The van der Waals surface area contributed by atoms with Gasteiger partial charge in [0, 0.05) is 7.05 Å². The Morgan fingerprint density at radius 1 is 1.19 bits per heavy atom. The van der Waals surface area contributed by atoms with Crippen LogP contribution in [0.4, 0.5) is 9.18 Å². The number of urea groups is 1. The second-order valence-electron chi connectivity index (χ2n) is 7.59. The average molecular weight is 426 g/mol. The monoisotopic (exact) mass is 426 g/mol. The summed E-state index contributed by atoms with van der Waals surface area (Å²) in [5.74, 6) is -0.0385. The third-order valence-electron chi connectivity index (χ3n) is 5.18. The minimum Gasteiger partial charge on any atom is -0.487 e. The van der Waals surface area contributed by atoms with Gasteiger partial charge in [0.15, 0.2) is 0 Å². The molecule has 0 saturated heterocycles. The van der Waals surface area contributed by atoms with E-state index in [1.165, 1.54) is 28.7 Å². The van der Waals surface area contributed by atoms with E-state index in [0.29, 0.717) is 22.9 Å². The van der Waals surface area contributed by atoms with Crippen LogP contribution in [-0.4, -0.2) is 37.2 Å². The minimum absolute atomic E-state index is 0.0229. The molecule has 0 radical (unpaired) electrons. The van der Waals surface area contributed by atoms with Gasteiger partial charge in [-0.05, 0) is 48.2 Å². The average Bonchev–Trinajstić information content (AvgIpc) is 2.74. The van der Waals surface area contributed by atoms with Crippen molar-refractivity contribution in [1.29, 1.82) is 0 Å². The van der Waals surface area contributed by atoms with E-state index < -0.39 is 23.9 Å². The first-order chi connectivity index (χ1) is 14.8. The first-order valence-electron chi connectivity index (χ1n) is 10.2. The number of halogens is 1. The summed E-state index contributed by atoms with van der Waals surface area (Å²) in [4.78, 5) is 26.8. The molecule has 1 aliphatic rings. The summed E-state index contributed by atoms with van der Waals surface area (Å²) in [5, 5.41) is 2.75. The summed E-state index contributed by atoms with van der Waals surface area (Å²) in [7, 11) is 1.55. The quantitative estimate of drug-likeness (QED) is 0.660. The summed E-state index contributed by atoms with van der Waals surface area (Å²) >= 11 is 0. The standard InChI is InChI=1S/C24H27FN2O4/c1-5-30-23(28)21-20(14-31-19-11-9-16(10-12-19)15(2)3)27(4)24(29)26-22(21)17-7-6-8-18(25)13-17/h6-13,15,22H,5,14H2,1-4H3,(H,26,29). The maximum absolute atomic E-state index is 13.8. The van der Waals surface area contributed by atoms with Gasteiger partial charge in [-0.15, -0.1) is 0 Å². The molecule has 0 spiro atoms. The van der Waals surface area contributed by atoms with Gasteiger partial charge in [0.2, 0.25) is 0 Å². The molecule has 1 unspecified atom stereocenters. The lowest BCUT2D eigenvalue weighted by atomic mass is 9.94. The van der Waals surface area contributed by atoms with Crippen LogP contribution in [0.15, 0.2) is 59.8 Å². The smallest absolute Gasteiger partial charge is 0.338 e. The SMILES string of the molecule is CCOC(=O)C1=C(COc2ccc(C(C)C)cc2)N(C)C(=O)NC1c1cccc(F)c1. The maximum Gasteiger partial charge on any atom is 0.338 e. The van der Waals surface area contributed by atoms with Gasteiger partial charge < -0.3 is 14.8 Å². The van der Waals surface area contributed by atoms with Crippen molar-refractivity contribution in [2.75, 3.05) is 20.3 Å². The van der Waals surface area contributed by atoms with Crippen molar-refractivity contribution in [3.63, 3.8) is 0 Å². The van der Waals surface area contributed by atoms with Crippen LogP contribution in [0.3, 0.4) is 0 Å². The van der Waals surface area contributed by atoms with Crippen molar-refractivity contribution in [3.8, 4) is 5.75 Å². The number of hydrogen-bond acceptors (Lipinski definition) is 4. The largest absolute Gasteiger partial charge is 0.487 e. The Labute approximate surface area is 181 Å². The molecule has 0 fully saturated rings. The zero-order chi connectivity index (χ0) is 22.5. The molecule has 1 N–H and O–H groups in total. The first-order valence-corrected chi connectivity index (χ1v) is 10.2. The van der Waals surface area contributed by atoms with E-state index in [4.69, 9.17) is 9.47 Å². The van der Waals surface area contributed by atoms with Crippen molar-refractivity contribution in [3.05, 3.63) is 76.7 Å². The van der Waals surface area contributed by atoms with Crippen molar-refractivity contribution in [2.45, 2.75) is 32.7 Å². The van der Waals surface area contributed by atoms with Crippen LogP contribution in [0, 0.1) is 5.82 Å². The Balaban J connectivity index is 1.98. The number of nitrogens with one attached hydrogen (secondary N) is 1. The van der Waals surface area contributed by atoms with E-state index in [9.17, 15) is 14.0 Å². The Kier molecular flexibility index (Phi) is 6.95. The Morgan fingerprint density at radius 3 is 2.52 bits per heavy atom. The van der Waals surface area contributed by atoms with Crippen molar-refractivity contribution >= 4 is 12.0 Å². The van der Waals surface area contributed by atoms with Crippen LogP contribution in [-0.2, 0) is 9.53 Å². The van der Waals surface area contributed by atoms with Crippen molar-refractivity contribution in [1.82, 2.24) is 10.2 Å². The molecule has 2 aromatic carbocycles. The highest BCUT2D eigenvalue weighted by Crippen LogP contribution is 2.32. The number of benzene rings is 2. The molecule has 3 rings (SSSR count). The molecular formula is C24H27FN2O4. The van der Waals surface area contributed by atoms with Gasteiger partial charge in [0.25, 0.3) is 0 Å². The molecule has 2 aromatic rings. The number of likely N-dealkylation sites (N-methyl/N-ethyl adjacent to an activating group) is 1. The van der Waals surface area contributed by atoms with Crippen LogP contribution in [0.5, 0.6) is 5.75 Å². The number of hydrogen-bond donors (Lipinski definition) is 1. The van der Waals surface area contributed by atoms with Gasteiger partial charge in [-0.3, -0.25) is 4.90 Å². The first kappa shape index (κ1) is 22.3. The molecule has 31 heavy (non-hydrogen) atoms. The molecule has 2 amide bonds. The molecule has 0 bridgehead atoms. The van der Waals surface area contributed by atoms with E-state index >= 15 is 0 Å². The van der Waals surface area contributed by atoms with Crippen LogP contribution >= 0.6 is 0 Å². The fourth-order valence-corrected chi connectivity index (χ4v) is 3.42. The van der Waals surface area contributed by atoms with Gasteiger partial charge in [-0.2, -0.15) is 0 Å². The molecule has 6 nitrogen and oxygen atoms in total.